The molecule has 2 nitrogen and oxygen atoms in total. The third-order valence-electron chi connectivity index (χ3n) is 2.79. The highest BCUT2D eigenvalue weighted by Crippen LogP contribution is 2.49. The number of hydrogen-bond acceptors (Lipinski definition) is 2. The van der Waals surface area contributed by atoms with Crippen LogP contribution in [0.15, 0.2) is 12.1 Å². The molecule has 0 amide bonds. The molecule has 0 heterocycles. The van der Waals surface area contributed by atoms with E-state index in [1.807, 2.05) is 0 Å². The van der Waals surface area contributed by atoms with E-state index >= 15 is 0 Å². The van der Waals surface area contributed by atoms with Crippen LogP contribution >= 0.6 is 0 Å². The predicted octanol–water partition coefficient (Wildman–Crippen LogP) is 2.20. The molecule has 0 aromatic heterocycles. The molecule has 0 radical (unpaired) electrons. The van der Waals surface area contributed by atoms with Gasteiger partial charge in [-0.05, 0) is 18.9 Å². The summed E-state index contributed by atoms with van der Waals surface area (Å²) in [6.45, 7) is 0. The second-order valence-electron chi connectivity index (χ2n) is 3.74. The number of carbonyl (C=O) groups excluding carboxylic acids is 1. The molecule has 1 saturated carbocycles. The first-order valence-corrected chi connectivity index (χ1v) is 4.63. The summed E-state index contributed by atoms with van der Waals surface area (Å²) in [4.78, 5) is 10.9. The number of ether oxygens (including phenoxy) is 1. The summed E-state index contributed by atoms with van der Waals surface area (Å²) in [6.07, 6.45) is 2.11. The maximum Gasteiger partial charge on any atom is 0.162 e. The zero-order chi connectivity index (χ0) is 11.1. The molecule has 4 heteroatoms. The Bertz CT molecular complexity index is 411. The Morgan fingerprint density at radius 3 is 2.40 bits per heavy atom. The van der Waals surface area contributed by atoms with Crippen molar-refractivity contribution >= 4 is 6.29 Å². The number of aldehydes is 1. The molecule has 0 aliphatic heterocycles. The summed E-state index contributed by atoms with van der Waals surface area (Å²) in [5.41, 5.74) is -0.209. The van der Waals surface area contributed by atoms with Gasteiger partial charge in [-0.25, -0.2) is 8.78 Å². The third kappa shape index (κ3) is 1.50. The summed E-state index contributed by atoms with van der Waals surface area (Å²) >= 11 is 0. The van der Waals surface area contributed by atoms with Crippen LogP contribution in [-0.4, -0.2) is 13.4 Å². The molecular formula is C11H10F2O2. The third-order valence-corrected chi connectivity index (χ3v) is 2.79. The number of hydrogen-bond donors (Lipinski definition) is 0. The molecule has 0 bridgehead atoms. The Labute approximate surface area is 85.9 Å². The van der Waals surface area contributed by atoms with Gasteiger partial charge in [0.1, 0.15) is 12.0 Å². The fraction of sp³-hybridized carbons (Fsp3) is 0.364. The molecule has 1 aliphatic carbocycles. The number of rotatable bonds is 3. The minimum atomic E-state index is -0.961. The highest BCUT2D eigenvalue weighted by atomic mass is 19.2. The van der Waals surface area contributed by atoms with Crippen molar-refractivity contribution < 1.29 is 18.3 Å². The Balaban J connectivity index is 2.55. The second-order valence-corrected chi connectivity index (χ2v) is 3.74. The van der Waals surface area contributed by atoms with Gasteiger partial charge in [-0.2, -0.15) is 0 Å². The maximum atomic E-state index is 13.0. The van der Waals surface area contributed by atoms with Gasteiger partial charge >= 0.3 is 0 Å². The number of carbonyl (C=O) groups is 1. The zero-order valence-corrected chi connectivity index (χ0v) is 8.22. The average Bonchev–Trinajstić information content (AvgIpc) is 3.02. The second kappa shape index (κ2) is 3.29. The summed E-state index contributed by atoms with van der Waals surface area (Å²) in [5.74, 6) is -1.67. The number of methoxy groups -OCH3 is 1. The Kier molecular flexibility index (Phi) is 2.21. The van der Waals surface area contributed by atoms with E-state index in [2.05, 4.69) is 0 Å². The Morgan fingerprint density at radius 2 is 1.93 bits per heavy atom. The normalized spacial score (nSPS) is 17.3. The van der Waals surface area contributed by atoms with Gasteiger partial charge in [0, 0.05) is 11.6 Å². The van der Waals surface area contributed by atoms with Crippen LogP contribution in [0.5, 0.6) is 5.75 Å². The van der Waals surface area contributed by atoms with Crippen molar-refractivity contribution in [2.75, 3.05) is 7.11 Å². The first-order valence-electron chi connectivity index (χ1n) is 4.63. The first-order chi connectivity index (χ1) is 7.13. The molecule has 1 aromatic rings. The summed E-state index contributed by atoms with van der Waals surface area (Å²) in [5, 5.41) is 0. The van der Waals surface area contributed by atoms with E-state index in [1.165, 1.54) is 7.11 Å². The van der Waals surface area contributed by atoms with Crippen LogP contribution in [0.3, 0.4) is 0 Å². The summed E-state index contributed by atoms with van der Waals surface area (Å²) in [6, 6.07) is 2.03. The molecule has 0 saturated heterocycles. The molecule has 1 fully saturated rings. The molecule has 2 rings (SSSR count). The van der Waals surface area contributed by atoms with E-state index < -0.39 is 17.0 Å². The smallest absolute Gasteiger partial charge is 0.162 e. The van der Waals surface area contributed by atoms with Gasteiger partial charge in [0.05, 0.1) is 12.5 Å². The fourth-order valence-corrected chi connectivity index (χ4v) is 1.67. The van der Waals surface area contributed by atoms with Crippen LogP contribution in [0.1, 0.15) is 18.4 Å². The molecule has 1 aliphatic rings. The van der Waals surface area contributed by atoms with E-state index in [9.17, 15) is 13.6 Å². The molecule has 0 atom stereocenters. The predicted molar refractivity (Wildman–Crippen MR) is 49.9 cm³/mol. The summed E-state index contributed by atoms with van der Waals surface area (Å²) in [7, 11) is 1.37. The molecule has 0 spiro atoms. The zero-order valence-electron chi connectivity index (χ0n) is 8.22. The highest BCUT2D eigenvalue weighted by molar-refractivity contribution is 5.75. The molecule has 15 heavy (non-hydrogen) atoms. The first kappa shape index (κ1) is 10.1. The fourth-order valence-electron chi connectivity index (χ4n) is 1.67. The van der Waals surface area contributed by atoms with E-state index in [4.69, 9.17) is 4.74 Å². The number of halogens is 2. The van der Waals surface area contributed by atoms with E-state index in [-0.39, 0.29) is 5.75 Å². The van der Waals surface area contributed by atoms with Gasteiger partial charge in [0.15, 0.2) is 11.6 Å². The van der Waals surface area contributed by atoms with Crippen molar-refractivity contribution in [1.29, 1.82) is 0 Å². The van der Waals surface area contributed by atoms with Crippen LogP contribution in [0.25, 0.3) is 0 Å². The largest absolute Gasteiger partial charge is 0.496 e. The topological polar surface area (TPSA) is 26.3 Å². The van der Waals surface area contributed by atoms with Crippen molar-refractivity contribution in [3.63, 3.8) is 0 Å². The van der Waals surface area contributed by atoms with Crippen LogP contribution in [0.4, 0.5) is 8.78 Å². The Hall–Kier alpha value is -1.45. The van der Waals surface area contributed by atoms with Crippen molar-refractivity contribution in [2.45, 2.75) is 18.3 Å². The van der Waals surface area contributed by atoms with Gasteiger partial charge in [0.25, 0.3) is 0 Å². The molecule has 0 N–H and O–H groups in total. The lowest BCUT2D eigenvalue weighted by Gasteiger charge is -2.13. The van der Waals surface area contributed by atoms with Gasteiger partial charge in [0.2, 0.25) is 0 Å². The van der Waals surface area contributed by atoms with Gasteiger partial charge in [-0.3, -0.25) is 0 Å². The quantitative estimate of drug-likeness (QED) is 0.718. The van der Waals surface area contributed by atoms with E-state index in [1.54, 1.807) is 0 Å². The highest BCUT2D eigenvalue weighted by Gasteiger charge is 2.46. The molecule has 1 aromatic carbocycles. The van der Waals surface area contributed by atoms with Gasteiger partial charge in [-0.15, -0.1) is 0 Å². The van der Waals surface area contributed by atoms with Crippen LogP contribution in [0, 0.1) is 11.6 Å². The standard InChI is InChI=1S/C11H10F2O2/c1-15-10-5-9(13)8(12)4-7(10)11(6-14)2-3-11/h4-6H,2-3H2,1H3. The van der Waals surface area contributed by atoms with Gasteiger partial charge in [-0.1, -0.05) is 0 Å². The van der Waals surface area contributed by atoms with Crippen molar-refractivity contribution in [2.24, 2.45) is 0 Å². The molecule has 0 unspecified atom stereocenters. The minimum absolute atomic E-state index is 0.235. The molecule has 80 valence electrons. The summed E-state index contributed by atoms with van der Waals surface area (Å²) < 4.78 is 30.9. The minimum Gasteiger partial charge on any atom is -0.496 e. The van der Waals surface area contributed by atoms with Crippen LogP contribution < -0.4 is 4.74 Å². The lowest BCUT2D eigenvalue weighted by Crippen LogP contribution is -2.11. The maximum absolute atomic E-state index is 13.0. The Morgan fingerprint density at radius 1 is 1.33 bits per heavy atom. The van der Waals surface area contributed by atoms with Crippen molar-refractivity contribution in [1.82, 2.24) is 0 Å². The average molecular weight is 212 g/mol. The molecular weight excluding hydrogens is 202 g/mol. The lowest BCUT2D eigenvalue weighted by atomic mass is 9.96. The lowest BCUT2D eigenvalue weighted by molar-refractivity contribution is -0.109. The van der Waals surface area contributed by atoms with E-state index in [0.717, 1.165) is 18.4 Å². The van der Waals surface area contributed by atoms with Crippen LogP contribution in [0.2, 0.25) is 0 Å². The SMILES string of the molecule is COc1cc(F)c(F)cc1C1(C=O)CC1. The van der Waals surface area contributed by atoms with Gasteiger partial charge < -0.3 is 9.53 Å². The number of benzene rings is 1. The van der Waals surface area contributed by atoms with Crippen molar-refractivity contribution in [3.8, 4) is 5.75 Å². The van der Waals surface area contributed by atoms with Crippen molar-refractivity contribution in [3.05, 3.63) is 29.3 Å². The monoisotopic (exact) mass is 212 g/mol. The van der Waals surface area contributed by atoms with Crippen LogP contribution in [-0.2, 0) is 10.2 Å². The van der Waals surface area contributed by atoms with E-state index in [0.29, 0.717) is 18.4 Å².